The Morgan fingerprint density at radius 3 is 2.70 bits per heavy atom. The molecule has 3 rings (SSSR count). The summed E-state index contributed by atoms with van der Waals surface area (Å²) < 4.78 is 16.1. The normalized spacial score (nSPS) is 13.8. The summed E-state index contributed by atoms with van der Waals surface area (Å²) in [5.41, 5.74) is 2.08. The van der Waals surface area contributed by atoms with E-state index in [2.05, 4.69) is 5.32 Å². The molecule has 2 aromatic carbocycles. The number of carbonyl (C=O) groups excluding carboxylic acids is 3. The molecule has 0 fully saturated rings. The van der Waals surface area contributed by atoms with Crippen molar-refractivity contribution in [2.24, 2.45) is 0 Å². The van der Waals surface area contributed by atoms with Crippen molar-refractivity contribution in [1.82, 2.24) is 0 Å². The number of para-hydroxylation sites is 2. The van der Waals surface area contributed by atoms with Gasteiger partial charge < -0.3 is 19.5 Å². The van der Waals surface area contributed by atoms with Crippen LogP contribution >= 0.6 is 0 Å². The third-order valence-corrected chi connectivity index (χ3v) is 4.65. The smallest absolute Gasteiger partial charge is 0.338 e. The van der Waals surface area contributed by atoms with Crippen molar-refractivity contribution >= 4 is 29.2 Å². The van der Waals surface area contributed by atoms with Crippen molar-refractivity contribution in [2.75, 3.05) is 30.5 Å². The number of nitrogens with one attached hydrogen (secondary N) is 1. The van der Waals surface area contributed by atoms with Crippen LogP contribution in [0.3, 0.4) is 0 Å². The number of ether oxygens (including phenoxy) is 3. The number of carbonyl (C=O) groups is 3. The number of hydrogen-bond acceptors (Lipinski definition) is 6. The van der Waals surface area contributed by atoms with E-state index in [4.69, 9.17) is 14.2 Å². The Labute approximate surface area is 174 Å². The van der Waals surface area contributed by atoms with E-state index in [9.17, 15) is 14.4 Å². The summed E-state index contributed by atoms with van der Waals surface area (Å²) in [5.74, 6) is -0.837. The highest BCUT2D eigenvalue weighted by atomic mass is 16.5. The molecule has 2 aromatic rings. The van der Waals surface area contributed by atoms with Gasteiger partial charge in [-0.1, -0.05) is 12.1 Å². The number of benzene rings is 2. The molecule has 2 amide bonds. The summed E-state index contributed by atoms with van der Waals surface area (Å²) in [7, 11) is 1.54. The van der Waals surface area contributed by atoms with Crippen molar-refractivity contribution < 1.29 is 28.6 Å². The van der Waals surface area contributed by atoms with Gasteiger partial charge in [0.1, 0.15) is 12.3 Å². The Kier molecular flexibility index (Phi) is 6.68. The first-order valence-corrected chi connectivity index (χ1v) is 9.60. The van der Waals surface area contributed by atoms with Gasteiger partial charge in [0, 0.05) is 12.2 Å². The fourth-order valence-electron chi connectivity index (χ4n) is 3.16. The molecule has 8 nitrogen and oxygen atoms in total. The van der Waals surface area contributed by atoms with Crippen LogP contribution in [0.25, 0.3) is 0 Å². The summed E-state index contributed by atoms with van der Waals surface area (Å²) in [6.07, 6.45) is -1.08. The lowest BCUT2D eigenvalue weighted by atomic mass is 10.1. The first kappa shape index (κ1) is 21.3. The molecule has 1 atom stereocenters. The molecule has 0 aromatic heterocycles. The predicted octanol–water partition coefficient (Wildman–Crippen LogP) is 2.76. The average molecular weight is 412 g/mol. The fraction of sp³-hybridized carbons (Fsp3) is 0.318. The molecular weight excluding hydrogens is 388 g/mol. The number of methoxy groups -OCH3 is 1. The Hall–Kier alpha value is -3.39. The van der Waals surface area contributed by atoms with Crippen molar-refractivity contribution in [3.8, 4) is 5.75 Å². The molecule has 1 aliphatic heterocycles. The summed E-state index contributed by atoms with van der Waals surface area (Å²) in [4.78, 5) is 38.8. The molecule has 0 spiro atoms. The second-order valence-electron chi connectivity index (χ2n) is 6.70. The standard InChI is InChI=1S/C22H24N2O6/c1-4-29-13-16-11-15(9-10-19(16)28-3)22(27)30-14(2)21(26)24-12-20(25)23-17-7-5-6-8-18(17)24/h5-11,14H,4,12-13H2,1-3H3,(H,23,25)/t14-/m1/s1. The first-order valence-electron chi connectivity index (χ1n) is 9.60. The van der Waals surface area contributed by atoms with Gasteiger partial charge in [0.25, 0.3) is 5.91 Å². The second kappa shape index (κ2) is 9.41. The average Bonchev–Trinajstić information content (AvgIpc) is 2.76. The van der Waals surface area contributed by atoms with Crippen LogP contribution in [-0.2, 0) is 25.7 Å². The van der Waals surface area contributed by atoms with E-state index in [1.165, 1.54) is 18.9 Å². The minimum absolute atomic E-state index is 0.140. The molecule has 158 valence electrons. The highest BCUT2D eigenvalue weighted by molar-refractivity contribution is 6.11. The van der Waals surface area contributed by atoms with Crippen molar-refractivity contribution in [3.05, 3.63) is 53.6 Å². The van der Waals surface area contributed by atoms with Gasteiger partial charge in [0.05, 0.1) is 30.7 Å². The van der Waals surface area contributed by atoms with Crippen LogP contribution in [0.4, 0.5) is 11.4 Å². The van der Waals surface area contributed by atoms with Gasteiger partial charge in [0.15, 0.2) is 6.10 Å². The zero-order valence-corrected chi connectivity index (χ0v) is 17.1. The molecule has 0 radical (unpaired) electrons. The molecular formula is C22H24N2O6. The summed E-state index contributed by atoms with van der Waals surface area (Å²) in [5, 5.41) is 2.72. The molecule has 1 N–H and O–H groups in total. The highest BCUT2D eigenvalue weighted by Crippen LogP contribution is 2.29. The summed E-state index contributed by atoms with van der Waals surface area (Å²) in [6, 6.07) is 11.8. The van der Waals surface area contributed by atoms with Crippen LogP contribution in [0.1, 0.15) is 29.8 Å². The number of anilines is 2. The molecule has 1 aliphatic rings. The Bertz CT molecular complexity index is 958. The van der Waals surface area contributed by atoms with Crippen LogP contribution in [0.5, 0.6) is 5.75 Å². The molecule has 0 bridgehead atoms. The van der Waals surface area contributed by atoms with Crippen LogP contribution in [-0.4, -0.2) is 44.1 Å². The summed E-state index contributed by atoms with van der Waals surface area (Å²) in [6.45, 7) is 4.03. The molecule has 0 saturated carbocycles. The van der Waals surface area contributed by atoms with Crippen molar-refractivity contribution in [1.29, 1.82) is 0 Å². The number of fused-ring (bicyclic) bond motifs is 1. The Morgan fingerprint density at radius 1 is 1.20 bits per heavy atom. The topological polar surface area (TPSA) is 94.2 Å². The van der Waals surface area contributed by atoms with Gasteiger partial charge in [-0.3, -0.25) is 14.5 Å². The van der Waals surface area contributed by atoms with Gasteiger partial charge in [-0.25, -0.2) is 4.79 Å². The van der Waals surface area contributed by atoms with Gasteiger partial charge in [0.2, 0.25) is 5.91 Å². The number of amides is 2. The van der Waals surface area contributed by atoms with Crippen molar-refractivity contribution in [2.45, 2.75) is 26.6 Å². The lowest BCUT2D eigenvalue weighted by Gasteiger charge is -2.30. The molecule has 1 heterocycles. The number of nitrogens with zero attached hydrogens (tertiary/aromatic N) is 1. The zero-order chi connectivity index (χ0) is 21.7. The quantitative estimate of drug-likeness (QED) is 0.703. The second-order valence-corrected chi connectivity index (χ2v) is 6.70. The third kappa shape index (κ3) is 4.60. The van der Waals surface area contributed by atoms with Crippen molar-refractivity contribution in [3.63, 3.8) is 0 Å². The van der Waals surface area contributed by atoms with E-state index in [1.54, 1.807) is 42.5 Å². The first-order chi connectivity index (χ1) is 14.4. The van der Waals surface area contributed by atoms with Gasteiger partial charge in [-0.2, -0.15) is 0 Å². The zero-order valence-electron chi connectivity index (χ0n) is 17.1. The van der Waals surface area contributed by atoms with E-state index in [1.807, 2.05) is 6.92 Å². The summed E-state index contributed by atoms with van der Waals surface area (Å²) >= 11 is 0. The molecule has 8 heteroatoms. The minimum Gasteiger partial charge on any atom is -0.496 e. The maximum atomic E-state index is 12.9. The Morgan fingerprint density at radius 2 is 1.97 bits per heavy atom. The SMILES string of the molecule is CCOCc1cc(C(=O)O[C@H](C)C(=O)N2CC(=O)Nc3ccccc32)ccc1OC. The van der Waals surface area contributed by atoms with Crippen LogP contribution < -0.4 is 15.0 Å². The van der Waals surface area contributed by atoms with Gasteiger partial charge in [-0.05, 0) is 44.2 Å². The van der Waals surface area contributed by atoms with Gasteiger partial charge >= 0.3 is 5.97 Å². The molecule has 30 heavy (non-hydrogen) atoms. The van der Waals surface area contributed by atoms with E-state index in [0.29, 0.717) is 29.3 Å². The fourth-order valence-corrected chi connectivity index (χ4v) is 3.16. The van der Waals surface area contributed by atoms with Crippen LogP contribution in [0.2, 0.25) is 0 Å². The largest absolute Gasteiger partial charge is 0.496 e. The van der Waals surface area contributed by atoms with E-state index in [0.717, 1.165) is 0 Å². The lowest BCUT2D eigenvalue weighted by Crippen LogP contribution is -2.47. The predicted molar refractivity (Wildman–Crippen MR) is 111 cm³/mol. The number of esters is 1. The third-order valence-electron chi connectivity index (χ3n) is 4.65. The lowest BCUT2D eigenvalue weighted by molar-refractivity contribution is -0.128. The molecule has 0 aliphatic carbocycles. The number of rotatable bonds is 7. The van der Waals surface area contributed by atoms with E-state index >= 15 is 0 Å². The van der Waals surface area contributed by atoms with Gasteiger partial charge in [-0.15, -0.1) is 0 Å². The maximum absolute atomic E-state index is 12.9. The maximum Gasteiger partial charge on any atom is 0.338 e. The van der Waals surface area contributed by atoms with Crippen LogP contribution in [0.15, 0.2) is 42.5 Å². The molecule has 0 saturated heterocycles. The van der Waals surface area contributed by atoms with Crippen LogP contribution in [0, 0.1) is 0 Å². The monoisotopic (exact) mass is 412 g/mol. The highest BCUT2D eigenvalue weighted by Gasteiger charge is 2.31. The minimum atomic E-state index is -1.08. The number of hydrogen-bond donors (Lipinski definition) is 1. The van der Waals surface area contributed by atoms with E-state index in [-0.39, 0.29) is 24.6 Å². The molecule has 0 unspecified atom stereocenters. The Balaban J connectivity index is 1.74. The van der Waals surface area contributed by atoms with E-state index < -0.39 is 18.0 Å².